The van der Waals surface area contributed by atoms with Crippen LogP contribution in [-0.4, -0.2) is 37.1 Å². The number of fused-ring (bicyclic) bond motifs is 1. The predicted octanol–water partition coefficient (Wildman–Crippen LogP) is 3.35. The first-order valence-corrected chi connectivity index (χ1v) is 9.39. The fraction of sp³-hybridized carbons (Fsp3) is 0.471. The van der Waals surface area contributed by atoms with Crippen molar-refractivity contribution in [1.82, 2.24) is 19.8 Å². The normalized spacial score (nSPS) is 17.7. The van der Waals surface area contributed by atoms with Crippen LogP contribution in [0.1, 0.15) is 38.5 Å². The van der Waals surface area contributed by atoms with Gasteiger partial charge in [0.15, 0.2) is 11.5 Å². The zero-order valence-electron chi connectivity index (χ0n) is 13.5. The van der Waals surface area contributed by atoms with Gasteiger partial charge in [-0.2, -0.15) is 15.9 Å². The minimum Gasteiger partial charge on any atom is -0.388 e. The van der Waals surface area contributed by atoms with Gasteiger partial charge in [0.05, 0.1) is 5.60 Å². The molecule has 0 aliphatic heterocycles. The fourth-order valence-electron chi connectivity index (χ4n) is 3.27. The summed E-state index contributed by atoms with van der Waals surface area (Å²) in [4.78, 5) is 0. The van der Waals surface area contributed by atoms with Crippen molar-refractivity contribution < 1.29 is 5.11 Å². The summed E-state index contributed by atoms with van der Waals surface area (Å²) in [5.41, 5.74) is 1.10. The van der Waals surface area contributed by atoms with Gasteiger partial charge in [-0.1, -0.05) is 25.7 Å². The van der Waals surface area contributed by atoms with E-state index in [1.54, 1.807) is 15.9 Å². The Balaban J connectivity index is 1.55. The van der Waals surface area contributed by atoms with Crippen LogP contribution in [-0.2, 0) is 0 Å². The highest BCUT2D eigenvalue weighted by molar-refractivity contribution is 7.08. The minimum atomic E-state index is -0.628. The molecule has 0 saturated heterocycles. The Labute approximate surface area is 144 Å². The Morgan fingerprint density at radius 3 is 2.71 bits per heavy atom. The van der Waals surface area contributed by atoms with Crippen LogP contribution < -0.4 is 5.32 Å². The Hall–Kier alpha value is -1.99. The van der Waals surface area contributed by atoms with E-state index in [0.717, 1.165) is 48.5 Å². The highest BCUT2D eigenvalue weighted by Gasteiger charge is 2.27. The van der Waals surface area contributed by atoms with Gasteiger partial charge in [0.1, 0.15) is 5.82 Å². The van der Waals surface area contributed by atoms with Gasteiger partial charge in [-0.25, -0.2) is 0 Å². The van der Waals surface area contributed by atoms with Crippen LogP contribution in [0.4, 0.5) is 5.82 Å². The summed E-state index contributed by atoms with van der Waals surface area (Å²) in [7, 11) is 0. The molecule has 126 valence electrons. The SMILES string of the molecule is OC1(CNc2ccc3nnc(-c4ccsc4)n3n2)CCCCCC1. The number of rotatable bonds is 4. The van der Waals surface area contributed by atoms with Crippen molar-refractivity contribution in [2.24, 2.45) is 0 Å². The van der Waals surface area contributed by atoms with E-state index in [2.05, 4.69) is 20.6 Å². The molecule has 3 aromatic rings. The van der Waals surface area contributed by atoms with Gasteiger partial charge in [0.25, 0.3) is 0 Å². The number of aliphatic hydroxyl groups is 1. The third-order valence-electron chi connectivity index (χ3n) is 4.68. The van der Waals surface area contributed by atoms with Crippen LogP contribution in [0.15, 0.2) is 29.0 Å². The standard InChI is InChI=1S/C17H21N5OS/c23-17(8-3-1-2-4-9-17)12-18-14-5-6-15-19-20-16(22(15)21-14)13-7-10-24-11-13/h5-7,10-11,23H,1-4,8-9,12H2,(H,18,21). The van der Waals surface area contributed by atoms with Crippen LogP contribution in [0.2, 0.25) is 0 Å². The summed E-state index contributed by atoms with van der Waals surface area (Å²) in [6.07, 6.45) is 6.34. The number of hydrogen-bond acceptors (Lipinski definition) is 6. The summed E-state index contributed by atoms with van der Waals surface area (Å²) >= 11 is 1.62. The smallest absolute Gasteiger partial charge is 0.186 e. The highest BCUT2D eigenvalue weighted by atomic mass is 32.1. The molecule has 0 bridgehead atoms. The zero-order valence-corrected chi connectivity index (χ0v) is 14.3. The first kappa shape index (κ1) is 15.5. The maximum Gasteiger partial charge on any atom is 0.186 e. The van der Waals surface area contributed by atoms with Crippen LogP contribution in [0.5, 0.6) is 0 Å². The molecule has 2 N–H and O–H groups in total. The van der Waals surface area contributed by atoms with Crippen molar-refractivity contribution in [3.05, 3.63) is 29.0 Å². The zero-order chi connectivity index (χ0) is 16.4. The Kier molecular flexibility index (Phi) is 4.20. The third kappa shape index (κ3) is 3.14. The van der Waals surface area contributed by atoms with Crippen LogP contribution in [0.25, 0.3) is 17.0 Å². The Morgan fingerprint density at radius 1 is 1.12 bits per heavy atom. The van der Waals surface area contributed by atoms with Crippen molar-refractivity contribution in [2.75, 3.05) is 11.9 Å². The molecule has 3 heterocycles. The summed E-state index contributed by atoms with van der Waals surface area (Å²) in [5, 5.41) is 31.1. The molecule has 1 saturated carbocycles. The van der Waals surface area contributed by atoms with E-state index < -0.39 is 5.60 Å². The second-order valence-corrected chi connectivity index (χ2v) is 7.30. The first-order chi connectivity index (χ1) is 11.7. The molecular formula is C17H21N5OS. The average molecular weight is 343 g/mol. The quantitative estimate of drug-likeness (QED) is 0.711. The molecule has 3 aromatic heterocycles. The molecule has 1 aliphatic rings. The van der Waals surface area contributed by atoms with E-state index in [1.807, 2.05) is 29.0 Å². The lowest BCUT2D eigenvalue weighted by Gasteiger charge is -2.27. The number of aromatic nitrogens is 4. The molecule has 1 fully saturated rings. The number of hydrogen-bond donors (Lipinski definition) is 2. The van der Waals surface area contributed by atoms with Crippen LogP contribution in [0, 0.1) is 0 Å². The lowest BCUT2D eigenvalue weighted by Crippen LogP contribution is -2.36. The van der Waals surface area contributed by atoms with Gasteiger partial charge in [-0.15, -0.1) is 15.3 Å². The van der Waals surface area contributed by atoms with Gasteiger partial charge in [0, 0.05) is 17.5 Å². The van der Waals surface area contributed by atoms with E-state index in [9.17, 15) is 5.11 Å². The Bertz CT molecular complexity index is 806. The van der Waals surface area contributed by atoms with Crippen LogP contribution in [0.3, 0.4) is 0 Å². The van der Waals surface area contributed by atoms with Gasteiger partial charge in [-0.3, -0.25) is 0 Å². The molecule has 6 nitrogen and oxygen atoms in total. The lowest BCUT2D eigenvalue weighted by atomic mass is 9.94. The molecule has 4 rings (SSSR count). The molecule has 0 unspecified atom stereocenters. The lowest BCUT2D eigenvalue weighted by molar-refractivity contribution is 0.0380. The second kappa shape index (κ2) is 6.49. The summed E-state index contributed by atoms with van der Waals surface area (Å²) in [5.74, 6) is 1.47. The van der Waals surface area contributed by atoms with E-state index in [4.69, 9.17) is 0 Å². The van der Waals surface area contributed by atoms with Gasteiger partial charge in [-0.05, 0) is 36.4 Å². The maximum absolute atomic E-state index is 10.8. The van der Waals surface area contributed by atoms with Crippen molar-refractivity contribution in [1.29, 1.82) is 0 Å². The molecule has 0 atom stereocenters. The third-order valence-corrected chi connectivity index (χ3v) is 5.36. The number of thiophene rings is 1. The van der Waals surface area contributed by atoms with Crippen molar-refractivity contribution in [3.8, 4) is 11.4 Å². The van der Waals surface area contributed by atoms with E-state index in [1.165, 1.54) is 12.8 Å². The van der Waals surface area contributed by atoms with Crippen molar-refractivity contribution in [2.45, 2.75) is 44.1 Å². The average Bonchev–Trinajstić information content (AvgIpc) is 3.20. The van der Waals surface area contributed by atoms with Gasteiger partial charge < -0.3 is 10.4 Å². The molecule has 1 aliphatic carbocycles. The second-order valence-electron chi connectivity index (χ2n) is 6.52. The number of nitrogens with zero attached hydrogens (tertiary/aromatic N) is 4. The summed E-state index contributed by atoms with van der Waals surface area (Å²) < 4.78 is 1.75. The monoisotopic (exact) mass is 343 g/mol. The van der Waals surface area contributed by atoms with Crippen molar-refractivity contribution >= 4 is 22.8 Å². The first-order valence-electron chi connectivity index (χ1n) is 8.45. The number of anilines is 1. The summed E-state index contributed by atoms with van der Waals surface area (Å²) in [6.45, 7) is 0.529. The topological polar surface area (TPSA) is 75.3 Å². The van der Waals surface area contributed by atoms with Crippen molar-refractivity contribution in [3.63, 3.8) is 0 Å². The molecule has 24 heavy (non-hydrogen) atoms. The molecule has 7 heteroatoms. The van der Waals surface area contributed by atoms with E-state index in [-0.39, 0.29) is 0 Å². The van der Waals surface area contributed by atoms with Crippen LogP contribution >= 0.6 is 11.3 Å². The maximum atomic E-state index is 10.8. The van der Waals surface area contributed by atoms with E-state index >= 15 is 0 Å². The molecule has 0 radical (unpaired) electrons. The Morgan fingerprint density at radius 2 is 1.96 bits per heavy atom. The largest absolute Gasteiger partial charge is 0.388 e. The van der Waals surface area contributed by atoms with E-state index in [0.29, 0.717) is 6.54 Å². The molecule has 0 aromatic carbocycles. The fourth-order valence-corrected chi connectivity index (χ4v) is 3.91. The molecule has 0 spiro atoms. The number of nitrogens with one attached hydrogen (secondary N) is 1. The van der Waals surface area contributed by atoms with Gasteiger partial charge in [0.2, 0.25) is 0 Å². The highest BCUT2D eigenvalue weighted by Crippen LogP contribution is 2.27. The molecular weight excluding hydrogens is 322 g/mol. The molecule has 0 amide bonds. The summed E-state index contributed by atoms with van der Waals surface area (Å²) in [6, 6.07) is 5.80. The minimum absolute atomic E-state index is 0.529. The predicted molar refractivity (Wildman–Crippen MR) is 95.2 cm³/mol. The van der Waals surface area contributed by atoms with Gasteiger partial charge >= 0.3 is 0 Å².